The largest absolute Gasteiger partial charge is 0.388 e. The molecule has 32 heavy (non-hydrogen) atoms. The molecule has 1 aromatic carbocycles. The summed E-state index contributed by atoms with van der Waals surface area (Å²) in [5.41, 5.74) is 4.12. The number of allylic oxidation sites excluding steroid dienone is 1. The van der Waals surface area contributed by atoms with Crippen LogP contribution in [0.3, 0.4) is 0 Å². The highest BCUT2D eigenvalue weighted by Gasteiger charge is 2.24. The molecule has 0 saturated carbocycles. The average molecular weight is 436 g/mol. The van der Waals surface area contributed by atoms with E-state index in [1.165, 1.54) is 6.21 Å². The number of aromatic nitrogens is 4. The molecular formula is C23H29N7O2. The zero-order chi connectivity index (χ0) is 22.5. The SMILES string of the molecule is COCCN/C=C(\C=N)c1ccc2[nH]nc(-c3cc(N4C[C@@H](C)O[C@@H](C)C4)ncn3)c2c1. The Bertz CT molecular complexity index is 1100. The third-order valence-electron chi connectivity index (χ3n) is 5.40. The van der Waals surface area contributed by atoms with Crippen molar-refractivity contribution in [1.82, 2.24) is 25.5 Å². The molecule has 9 nitrogen and oxygen atoms in total. The van der Waals surface area contributed by atoms with Crippen molar-refractivity contribution in [3.8, 4) is 11.4 Å². The van der Waals surface area contributed by atoms with Crippen LogP contribution in [0, 0.1) is 5.41 Å². The fourth-order valence-corrected chi connectivity index (χ4v) is 3.95. The van der Waals surface area contributed by atoms with E-state index in [0.717, 1.165) is 52.3 Å². The maximum atomic E-state index is 7.82. The number of nitrogens with zero attached hydrogens (tertiary/aromatic N) is 4. The minimum atomic E-state index is 0.148. The van der Waals surface area contributed by atoms with Gasteiger partial charge in [-0.2, -0.15) is 5.10 Å². The van der Waals surface area contributed by atoms with Gasteiger partial charge in [-0.1, -0.05) is 6.07 Å². The third-order valence-corrected chi connectivity index (χ3v) is 5.40. The van der Waals surface area contributed by atoms with Gasteiger partial charge in [0.25, 0.3) is 0 Å². The lowest BCUT2D eigenvalue weighted by Crippen LogP contribution is -2.45. The molecule has 0 amide bonds. The van der Waals surface area contributed by atoms with Crippen LogP contribution in [-0.4, -0.2) is 71.9 Å². The minimum absolute atomic E-state index is 0.148. The maximum Gasteiger partial charge on any atom is 0.132 e. The number of anilines is 1. The number of ether oxygens (including phenoxy) is 2. The fourth-order valence-electron chi connectivity index (χ4n) is 3.95. The van der Waals surface area contributed by atoms with Gasteiger partial charge in [0, 0.05) is 56.2 Å². The van der Waals surface area contributed by atoms with Crippen LogP contribution in [0.25, 0.3) is 27.9 Å². The monoisotopic (exact) mass is 435 g/mol. The second kappa shape index (κ2) is 9.88. The van der Waals surface area contributed by atoms with Crippen molar-refractivity contribution in [3.05, 3.63) is 42.4 Å². The summed E-state index contributed by atoms with van der Waals surface area (Å²) < 4.78 is 10.9. The summed E-state index contributed by atoms with van der Waals surface area (Å²) in [6.45, 7) is 7.00. The molecule has 0 unspecified atom stereocenters. The molecule has 0 aliphatic carbocycles. The van der Waals surface area contributed by atoms with Gasteiger partial charge in [0.1, 0.15) is 17.8 Å². The number of morpholine rings is 1. The lowest BCUT2D eigenvalue weighted by molar-refractivity contribution is -0.00546. The molecular weight excluding hydrogens is 406 g/mol. The van der Waals surface area contributed by atoms with Crippen LogP contribution >= 0.6 is 0 Å². The van der Waals surface area contributed by atoms with E-state index in [1.807, 2.05) is 30.5 Å². The molecule has 9 heteroatoms. The molecule has 0 radical (unpaired) electrons. The van der Waals surface area contributed by atoms with Crippen LogP contribution in [-0.2, 0) is 9.47 Å². The topological polar surface area (TPSA) is 112 Å². The molecule has 168 valence electrons. The standard InChI is InChI=1S/C23H29N7O2/c1-15-12-30(13-16(2)32-15)22-9-21(26-14-27-22)23-19-8-17(4-5-20(19)28-29-23)18(10-24)11-25-6-7-31-3/h4-5,8-11,14-16,24-25H,6-7,12-13H2,1-3H3,(H,28,29)/b18-11+,24-10?/t15-,16+. The average Bonchev–Trinajstić information content (AvgIpc) is 3.22. The van der Waals surface area contributed by atoms with Gasteiger partial charge in [-0.15, -0.1) is 0 Å². The molecule has 0 bridgehead atoms. The van der Waals surface area contributed by atoms with Crippen LogP contribution < -0.4 is 10.2 Å². The number of rotatable bonds is 8. The summed E-state index contributed by atoms with van der Waals surface area (Å²) in [4.78, 5) is 11.2. The zero-order valence-electron chi connectivity index (χ0n) is 18.6. The summed E-state index contributed by atoms with van der Waals surface area (Å²) in [6, 6.07) is 7.96. The Kier molecular flexibility index (Phi) is 6.77. The summed E-state index contributed by atoms with van der Waals surface area (Å²) in [5.74, 6) is 0.867. The summed E-state index contributed by atoms with van der Waals surface area (Å²) >= 11 is 0. The Balaban J connectivity index is 1.65. The Labute approximate surface area is 187 Å². The van der Waals surface area contributed by atoms with Crippen LogP contribution in [0.15, 0.2) is 36.8 Å². The smallest absolute Gasteiger partial charge is 0.132 e. The van der Waals surface area contributed by atoms with E-state index in [2.05, 4.69) is 44.2 Å². The first-order valence-corrected chi connectivity index (χ1v) is 10.7. The molecule has 1 fully saturated rings. The van der Waals surface area contributed by atoms with Crippen LogP contribution in [0.4, 0.5) is 5.82 Å². The number of fused-ring (bicyclic) bond motifs is 1. The van der Waals surface area contributed by atoms with Crippen molar-refractivity contribution < 1.29 is 9.47 Å². The highest BCUT2D eigenvalue weighted by molar-refractivity contribution is 6.09. The van der Waals surface area contributed by atoms with Crippen molar-refractivity contribution >= 4 is 28.5 Å². The molecule has 3 aromatic rings. The third kappa shape index (κ3) is 4.79. The van der Waals surface area contributed by atoms with Crippen LogP contribution in [0.1, 0.15) is 19.4 Å². The molecule has 2 aromatic heterocycles. The summed E-state index contributed by atoms with van der Waals surface area (Å²) in [7, 11) is 1.66. The number of hydrogen-bond donors (Lipinski definition) is 3. The lowest BCUT2D eigenvalue weighted by Gasteiger charge is -2.36. The number of aromatic amines is 1. The first-order chi connectivity index (χ1) is 15.6. The molecule has 1 saturated heterocycles. The zero-order valence-corrected chi connectivity index (χ0v) is 18.6. The van der Waals surface area contributed by atoms with Crippen molar-refractivity contribution in [3.63, 3.8) is 0 Å². The Morgan fingerprint density at radius 2 is 2.09 bits per heavy atom. The number of methoxy groups -OCH3 is 1. The Morgan fingerprint density at radius 1 is 1.28 bits per heavy atom. The van der Waals surface area contributed by atoms with Crippen molar-refractivity contribution in [2.24, 2.45) is 0 Å². The Hall–Kier alpha value is -3.30. The number of nitrogens with one attached hydrogen (secondary N) is 3. The second-order valence-electron chi connectivity index (χ2n) is 7.95. The van der Waals surface area contributed by atoms with Gasteiger partial charge in [0.05, 0.1) is 30.0 Å². The molecule has 2 atom stereocenters. The quantitative estimate of drug-likeness (QED) is 0.368. The molecule has 1 aliphatic heterocycles. The number of hydrogen-bond acceptors (Lipinski definition) is 8. The molecule has 1 aliphatic rings. The van der Waals surface area contributed by atoms with E-state index < -0.39 is 0 Å². The lowest BCUT2D eigenvalue weighted by atomic mass is 10.0. The molecule has 3 heterocycles. The predicted octanol–water partition coefficient (Wildman–Crippen LogP) is 2.86. The molecule has 3 N–H and O–H groups in total. The minimum Gasteiger partial charge on any atom is -0.388 e. The van der Waals surface area contributed by atoms with E-state index in [1.54, 1.807) is 13.4 Å². The van der Waals surface area contributed by atoms with Gasteiger partial charge in [0.2, 0.25) is 0 Å². The predicted molar refractivity (Wildman–Crippen MR) is 126 cm³/mol. The van der Waals surface area contributed by atoms with E-state index in [0.29, 0.717) is 13.2 Å². The van der Waals surface area contributed by atoms with Crippen molar-refractivity contribution in [2.45, 2.75) is 26.1 Å². The highest BCUT2D eigenvalue weighted by Crippen LogP contribution is 2.29. The van der Waals surface area contributed by atoms with E-state index >= 15 is 0 Å². The summed E-state index contributed by atoms with van der Waals surface area (Å²) in [5, 5.41) is 19.6. The van der Waals surface area contributed by atoms with E-state index in [4.69, 9.17) is 14.9 Å². The first-order valence-electron chi connectivity index (χ1n) is 10.7. The summed E-state index contributed by atoms with van der Waals surface area (Å²) in [6.07, 6.45) is 5.05. The van der Waals surface area contributed by atoms with Crippen molar-refractivity contribution in [2.75, 3.05) is 38.3 Å². The molecule has 4 rings (SSSR count). The van der Waals surface area contributed by atoms with Crippen LogP contribution in [0.5, 0.6) is 0 Å². The first kappa shape index (κ1) is 21.9. The van der Waals surface area contributed by atoms with Crippen LogP contribution in [0.2, 0.25) is 0 Å². The van der Waals surface area contributed by atoms with Crippen molar-refractivity contribution in [1.29, 1.82) is 5.41 Å². The highest BCUT2D eigenvalue weighted by atomic mass is 16.5. The normalized spacial score (nSPS) is 19.3. The number of H-pyrrole nitrogens is 1. The Morgan fingerprint density at radius 3 is 2.84 bits per heavy atom. The fraction of sp³-hybridized carbons (Fsp3) is 0.391. The molecule has 0 spiro atoms. The maximum absolute atomic E-state index is 7.82. The van der Waals surface area contributed by atoms with E-state index in [-0.39, 0.29) is 12.2 Å². The number of benzene rings is 1. The van der Waals surface area contributed by atoms with Gasteiger partial charge in [-0.3, -0.25) is 5.10 Å². The van der Waals surface area contributed by atoms with E-state index in [9.17, 15) is 0 Å². The van der Waals surface area contributed by atoms with Gasteiger partial charge in [-0.05, 0) is 31.5 Å². The van der Waals surface area contributed by atoms with Gasteiger partial charge < -0.3 is 25.1 Å². The second-order valence-corrected chi connectivity index (χ2v) is 7.95. The van der Waals surface area contributed by atoms with Gasteiger partial charge in [-0.25, -0.2) is 9.97 Å². The van der Waals surface area contributed by atoms with Gasteiger partial charge in [0.15, 0.2) is 0 Å². The van der Waals surface area contributed by atoms with Gasteiger partial charge >= 0.3 is 0 Å².